The van der Waals surface area contributed by atoms with Gasteiger partial charge in [0.1, 0.15) is 11.6 Å². The molecule has 0 spiro atoms. The molecule has 0 N–H and O–H groups in total. The van der Waals surface area contributed by atoms with Crippen molar-refractivity contribution in [1.82, 2.24) is 9.80 Å². The van der Waals surface area contributed by atoms with E-state index in [0.717, 1.165) is 12.1 Å². The number of urea groups is 1. The van der Waals surface area contributed by atoms with Gasteiger partial charge in [0.2, 0.25) is 5.91 Å². The number of benzene rings is 1. The van der Waals surface area contributed by atoms with Gasteiger partial charge in [-0.15, -0.1) is 0 Å². The molecule has 0 radical (unpaired) electrons. The predicted molar refractivity (Wildman–Crippen MR) is 88.8 cm³/mol. The summed E-state index contributed by atoms with van der Waals surface area (Å²) < 4.78 is 0. The Hall–Kier alpha value is -2.08. The molecule has 0 saturated carbocycles. The van der Waals surface area contributed by atoms with E-state index in [2.05, 4.69) is 0 Å². The zero-order valence-electron chi connectivity index (χ0n) is 13.4. The Balaban J connectivity index is 1.60. The number of halogens is 1. The maximum Gasteiger partial charge on any atom is 0.328 e. The molecule has 1 aromatic rings. The predicted octanol–water partition coefficient (Wildman–Crippen LogP) is 2.26. The number of rotatable bonds is 2. The van der Waals surface area contributed by atoms with Gasteiger partial charge in [0.15, 0.2) is 0 Å². The van der Waals surface area contributed by atoms with Gasteiger partial charge in [0.25, 0.3) is 5.91 Å². The van der Waals surface area contributed by atoms with Crippen LogP contribution in [-0.2, 0) is 9.59 Å². The Morgan fingerprint density at radius 1 is 1.12 bits per heavy atom. The highest BCUT2D eigenvalue weighted by Crippen LogP contribution is 2.40. The number of carbonyl (C=O) groups excluding carboxylic acids is 3. The molecule has 3 heterocycles. The van der Waals surface area contributed by atoms with Crippen LogP contribution in [0.3, 0.4) is 0 Å². The molecule has 0 bridgehead atoms. The highest BCUT2D eigenvalue weighted by Gasteiger charge is 2.59. The first kappa shape index (κ1) is 15.4. The van der Waals surface area contributed by atoms with Gasteiger partial charge >= 0.3 is 6.03 Å². The van der Waals surface area contributed by atoms with Crippen LogP contribution in [-0.4, -0.2) is 52.3 Å². The largest absolute Gasteiger partial charge is 0.328 e. The van der Waals surface area contributed by atoms with Crippen molar-refractivity contribution < 1.29 is 14.4 Å². The van der Waals surface area contributed by atoms with Crippen molar-refractivity contribution in [2.75, 3.05) is 18.0 Å². The monoisotopic (exact) mass is 347 g/mol. The van der Waals surface area contributed by atoms with Crippen LogP contribution in [0.5, 0.6) is 0 Å². The summed E-state index contributed by atoms with van der Waals surface area (Å²) in [6.07, 6.45) is 1.95. The van der Waals surface area contributed by atoms with Crippen molar-refractivity contribution in [3.63, 3.8) is 0 Å². The van der Waals surface area contributed by atoms with Gasteiger partial charge in [0, 0.05) is 23.8 Å². The first-order valence-electron chi connectivity index (χ1n) is 8.16. The summed E-state index contributed by atoms with van der Waals surface area (Å²) in [5, 5.41) is 0.598. The lowest BCUT2D eigenvalue weighted by molar-refractivity contribution is -0.136. The lowest BCUT2D eigenvalue weighted by atomic mass is 9.99. The van der Waals surface area contributed by atoms with Gasteiger partial charge < -0.3 is 9.80 Å². The van der Waals surface area contributed by atoms with Crippen LogP contribution in [0.1, 0.15) is 26.2 Å². The number of carbonyl (C=O) groups is 3. The van der Waals surface area contributed by atoms with Crippen LogP contribution in [0.2, 0.25) is 5.02 Å². The molecule has 2 atom stereocenters. The fourth-order valence-electron chi connectivity index (χ4n) is 4.03. The number of nitrogens with zero attached hydrogens (tertiary/aromatic N) is 3. The second-order valence-corrected chi connectivity index (χ2v) is 7.19. The third-order valence-electron chi connectivity index (χ3n) is 5.38. The van der Waals surface area contributed by atoms with Crippen LogP contribution >= 0.6 is 11.6 Å². The van der Waals surface area contributed by atoms with Gasteiger partial charge in [-0.1, -0.05) is 11.6 Å². The van der Waals surface area contributed by atoms with E-state index in [-0.39, 0.29) is 17.8 Å². The van der Waals surface area contributed by atoms with E-state index in [1.165, 1.54) is 4.90 Å². The number of anilines is 1. The lowest BCUT2D eigenvalue weighted by Crippen LogP contribution is -2.47. The molecule has 4 amide bonds. The standard InChI is InChI=1S/C17H18ClN3O3/c1-17-8-2-9-20(17)16(24)21(15(17)23)13-7-10-19(14(13)22)12-5-3-11(18)4-6-12/h3-6,13H,2,7-10H2,1H3/t13-,17-/m0/s1. The first-order chi connectivity index (χ1) is 11.4. The summed E-state index contributed by atoms with van der Waals surface area (Å²) in [6.45, 7) is 2.87. The first-order valence-corrected chi connectivity index (χ1v) is 8.53. The molecule has 0 aromatic heterocycles. The third-order valence-corrected chi connectivity index (χ3v) is 5.64. The third kappa shape index (κ3) is 1.99. The molecule has 126 valence electrons. The summed E-state index contributed by atoms with van der Waals surface area (Å²) >= 11 is 5.89. The van der Waals surface area contributed by atoms with Crippen molar-refractivity contribution >= 4 is 35.1 Å². The molecular formula is C17H18ClN3O3. The van der Waals surface area contributed by atoms with Crippen molar-refractivity contribution in [3.05, 3.63) is 29.3 Å². The van der Waals surface area contributed by atoms with E-state index >= 15 is 0 Å². The number of hydrogen-bond donors (Lipinski definition) is 0. The van der Waals surface area contributed by atoms with Gasteiger partial charge in [0.05, 0.1) is 0 Å². The van der Waals surface area contributed by atoms with Gasteiger partial charge in [-0.25, -0.2) is 9.69 Å². The normalized spacial score (nSPS) is 29.8. The zero-order chi connectivity index (χ0) is 17.1. The van der Waals surface area contributed by atoms with Crippen LogP contribution in [0, 0.1) is 0 Å². The molecule has 3 saturated heterocycles. The van der Waals surface area contributed by atoms with Crippen molar-refractivity contribution in [2.24, 2.45) is 0 Å². The van der Waals surface area contributed by atoms with Crippen LogP contribution < -0.4 is 4.90 Å². The highest BCUT2D eigenvalue weighted by atomic mass is 35.5. The van der Waals surface area contributed by atoms with E-state index in [1.807, 2.05) is 0 Å². The highest BCUT2D eigenvalue weighted by molar-refractivity contribution is 6.30. The molecule has 3 aliphatic rings. The Labute approximate surface area is 144 Å². The molecule has 7 heteroatoms. The maximum atomic E-state index is 12.8. The van der Waals surface area contributed by atoms with E-state index in [4.69, 9.17) is 11.6 Å². The molecule has 4 rings (SSSR count). The zero-order valence-corrected chi connectivity index (χ0v) is 14.1. The molecule has 3 aliphatic heterocycles. The Kier molecular flexibility index (Phi) is 3.35. The maximum absolute atomic E-state index is 12.8. The van der Waals surface area contributed by atoms with Gasteiger partial charge in [-0.2, -0.15) is 0 Å². The second-order valence-electron chi connectivity index (χ2n) is 6.76. The molecule has 6 nitrogen and oxygen atoms in total. The second kappa shape index (κ2) is 5.21. The summed E-state index contributed by atoms with van der Waals surface area (Å²) in [4.78, 5) is 42.7. The minimum atomic E-state index is -0.773. The van der Waals surface area contributed by atoms with E-state index in [0.29, 0.717) is 31.0 Å². The molecule has 0 aliphatic carbocycles. The van der Waals surface area contributed by atoms with Crippen LogP contribution in [0.15, 0.2) is 24.3 Å². The summed E-state index contributed by atoms with van der Waals surface area (Å²) in [7, 11) is 0. The van der Waals surface area contributed by atoms with Gasteiger partial charge in [-0.05, 0) is 50.5 Å². The van der Waals surface area contributed by atoms with Crippen molar-refractivity contribution in [2.45, 2.75) is 37.8 Å². The number of fused-ring (bicyclic) bond motifs is 1. The van der Waals surface area contributed by atoms with E-state index < -0.39 is 11.6 Å². The number of imide groups is 1. The number of amides is 4. The lowest BCUT2D eigenvalue weighted by Gasteiger charge is -2.23. The van der Waals surface area contributed by atoms with E-state index in [9.17, 15) is 14.4 Å². The average Bonchev–Trinajstić information content (AvgIpc) is 3.17. The van der Waals surface area contributed by atoms with Gasteiger partial charge in [-0.3, -0.25) is 9.59 Å². The SMILES string of the molecule is C[C@@]12CCCN1C(=O)N([C@H]1CCN(c3ccc(Cl)cc3)C1=O)C2=O. The summed E-state index contributed by atoms with van der Waals surface area (Å²) in [5.41, 5.74) is -0.0388. The van der Waals surface area contributed by atoms with Crippen LogP contribution in [0.4, 0.5) is 10.5 Å². The minimum Gasteiger partial charge on any atom is -0.311 e. The fourth-order valence-corrected chi connectivity index (χ4v) is 4.15. The van der Waals surface area contributed by atoms with E-state index in [1.54, 1.807) is 41.0 Å². The fraction of sp³-hybridized carbons (Fsp3) is 0.471. The molecule has 3 fully saturated rings. The Morgan fingerprint density at radius 3 is 2.50 bits per heavy atom. The topological polar surface area (TPSA) is 60.9 Å². The minimum absolute atomic E-state index is 0.205. The Bertz CT molecular complexity index is 735. The molecular weight excluding hydrogens is 330 g/mol. The Morgan fingerprint density at radius 2 is 1.83 bits per heavy atom. The molecule has 0 unspecified atom stereocenters. The van der Waals surface area contributed by atoms with Crippen molar-refractivity contribution in [3.8, 4) is 0 Å². The van der Waals surface area contributed by atoms with Crippen molar-refractivity contribution in [1.29, 1.82) is 0 Å². The summed E-state index contributed by atoms with van der Waals surface area (Å²) in [6, 6.07) is 5.96. The molecule has 1 aromatic carbocycles. The van der Waals surface area contributed by atoms with Crippen LogP contribution in [0.25, 0.3) is 0 Å². The summed E-state index contributed by atoms with van der Waals surface area (Å²) in [5.74, 6) is -0.440. The smallest absolute Gasteiger partial charge is 0.311 e. The average molecular weight is 348 g/mol. The number of hydrogen-bond acceptors (Lipinski definition) is 3. The molecule has 24 heavy (non-hydrogen) atoms. The quantitative estimate of drug-likeness (QED) is 0.771.